The van der Waals surface area contributed by atoms with Crippen LogP contribution in [0.3, 0.4) is 0 Å². The third-order valence-corrected chi connectivity index (χ3v) is 3.37. The van der Waals surface area contributed by atoms with Gasteiger partial charge < -0.3 is 21.5 Å². The quantitative estimate of drug-likeness (QED) is 0.376. The van der Waals surface area contributed by atoms with Gasteiger partial charge in [-0.25, -0.2) is 0 Å². The van der Waals surface area contributed by atoms with Gasteiger partial charge in [0.2, 0.25) is 0 Å². The minimum atomic E-state index is -1.17. The van der Waals surface area contributed by atoms with Crippen molar-refractivity contribution < 1.29 is 19.6 Å². The average Bonchev–Trinajstić information content (AvgIpc) is 2.72. The molecule has 7 heteroatoms. The van der Waals surface area contributed by atoms with Gasteiger partial charge in [0.25, 0.3) is 0 Å². The van der Waals surface area contributed by atoms with E-state index in [9.17, 15) is 0 Å². The summed E-state index contributed by atoms with van der Waals surface area (Å²) < 4.78 is 0. The van der Waals surface area contributed by atoms with Crippen molar-refractivity contribution in [2.75, 3.05) is 0 Å². The van der Waals surface area contributed by atoms with E-state index in [2.05, 4.69) is 0 Å². The number of carbonyl (C=O) groups excluding carboxylic acids is 2. The van der Waals surface area contributed by atoms with Crippen molar-refractivity contribution in [1.29, 1.82) is 0 Å². The molecule has 1 aliphatic carbocycles. The number of rotatable bonds is 6. The van der Waals surface area contributed by atoms with Crippen LogP contribution in [0.1, 0.15) is 38.5 Å². The number of nitrogens with two attached hydrogens (primary N) is 2. The van der Waals surface area contributed by atoms with Crippen LogP contribution in [0.4, 0.5) is 0 Å². The third kappa shape index (κ3) is 8.39. The van der Waals surface area contributed by atoms with Crippen molar-refractivity contribution in [1.82, 2.24) is 0 Å². The zero-order chi connectivity index (χ0) is 14.0. The summed E-state index contributed by atoms with van der Waals surface area (Å²) in [4.78, 5) is 16.2. The second-order valence-corrected chi connectivity index (χ2v) is 4.85. The van der Waals surface area contributed by atoms with Gasteiger partial charge in [-0.3, -0.25) is 0 Å². The van der Waals surface area contributed by atoms with Gasteiger partial charge in [0.1, 0.15) is 0 Å². The first-order chi connectivity index (χ1) is 8.51. The van der Waals surface area contributed by atoms with Crippen molar-refractivity contribution in [2.45, 2.75) is 56.9 Å². The molecule has 1 saturated carbocycles. The highest BCUT2D eigenvalue weighted by molar-refractivity contribution is 6.40. The fraction of sp³-hybridized carbons (Fsp3) is 0.909. The van der Waals surface area contributed by atoms with Gasteiger partial charge in [0.05, 0.1) is 0 Å². The molecular formula is C11H23BN2O4. The number of unbranched alkanes of at least 4 members (excludes halogenated alkanes) is 1. The molecule has 1 fully saturated rings. The molecule has 3 atom stereocenters. The second kappa shape index (κ2) is 10.2. The zero-order valence-corrected chi connectivity index (χ0v) is 10.6. The van der Waals surface area contributed by atoms with Crippen LogP contribution in [0.2, 0.25) is 6.32 Å². The summed E-state index contributed by atoms with van der Waals surface area (Å²) in [5.74, 6) is 0.582. The van der Waals surface area contributed by atoms with Crippen molar-refractivity contribution in [2.24, 2.45) is 17.4 Å². The minimum Gasteiger partial charge on any atom is -0.427 e. The second-order valence-electron chi connectivity index (χ2n) is 4.85. The Morgan fingerprint density at radius 3 is 2.33 bits per heavy atom. The lowest BCUT2D eigenvalue weighted by molar-refractivity contribution is -0.191. The largest absolute Gasteiger partial charge is 0.451 e. The molecule has 1 aliphatic rings. The van der Waals surface area contributed by atoms with Crippen LogP contribution in [0.5, 0.6) is 0 Å². The van der Waals surface area contributed by atoms with Crippen LogP contribution in [0.25, 0.3) is 0 Å². The monoisotopic (exact) mass is 258 g/mol. The van der Waals surface area contributed by atoms with Crippen LogP contribution < -0.4 is 11.5 Å². The number of hydrogen-bond donors (Lipinski definition) is 4. The summed E-state index contributed by atoms with van der Waals surface area (Å²) in [7, 11) is -1.17. The van der Waals surface area contributed by atoms with Crippen LogP contribution in [0, 0.1) is 5.92 Å². The molecular weight excluding hydrogens is 235 g/mol. The maximum absolute atomic E-state index is 8.67. The molecule has 0 radical (unpaired) electrons. The van der Waals surface area contributed by atoms with Crippen LogP contribution in [-0.4, -0.2) is 35.4 Å². The highest BCUT2D eigenvalue weighted by Gasteiger charge is 2.26. The third-order valence-electron chi connectivity index (χ3n) is 3.37. The molecule has 0 aliphatic heterocycles. The smallest absolute Gasteiger partial charge is 0.427 e. The van der Waals surface area contributed by atoms with Crippen molar-refractivity contribution in [3.8, 4) is 0 Å². The molecule has 0 spiro atoms. The van der Waals surface area contributed by atoms with E-state index in [4.69, 9.17) is 31.1 Å². The minimum absolute atomic E-state index is 0.245. The van der Waals surface area contributed by atoms with Crippen molar-refractivity contribution in [3.05, 3.63) is 0 Å². The lowest BCUT2D eigenvalue weighted by Crippen LogP contribution is -2.29. The standard InChI is InChI=1S/C10H23BN2O2.CO2/c12-9-5-4-8(7-9)10(13)3-1-2-6-11(14)15;2-1-3/h8-10,14-15H,1-7,12-13H2;/t8-,9+,10?;/m1./s1. The fourth-order valence-electron chi connectivity index (χ4n) is 2.38. The topological polar surface area (TPSA) is 127 Å². The Morgan fingerprint density at radius 2 is 1.89 bits per heavy atom. The molecule has 0 aromatic carbocycles. The number of hydrogen-bond acceptors (Lipinski definition) is 6. The van der Waals surface area contributed by atoms with Gasteiger partial charge in [-0.2, -0.15) is 9.59 Å². The molecule has 0 aromatic heterocycles. The van der Waals surface area contributed by atoms with E-state index in [0.717, 1.165) is 38.5 Å². The summed E-state index contributed by atoms with van der Waals surface area (Å²) >= 11 is 0. The first-order valence-corrected chi connectivity index (χ1v) is 6.37. The highest BCUT2D eigenvalue weighted by Crippen LogP contribution is 2.28. The van der Waals surface area contributed by atoms with Crippen LogP contribution >= 0.6 is 0 Å². The molecule has 0 amide bonds. The van der Waals surface area contributed by atoms with Crippen molar-refractivity contribution in [3.63, 3.8) is 0 Å². The zero-order valence-electron chi connectivity index (χ0n) is 10.6. The fourth-order valence-corrected chi connectivity index (χ4v) is 2.38. The lowest BCUT2D eigenvalue weighted by atomic mass is 9.82. The van der Waals surface area contributed by atoms with Crippen LogP contribution in [0.15, 0.2) is 0 Å². The Labute approximate surface area is 108 Å². The molecule has 0 bridgehead atoms. The molecule has 0 aromatic rings. The predicted molar refractivity (Wildman–Crippen MR) is 67.1 cm³/mol. The van der Waals surface area contributed by atoms with Gasteiger partial charge in [0.15, 0.2) is 0 Å². The van der Waals surface area contributed by atoms with Gasteiger partial charge in [-0.1, -0.05) is 12.8 Å². The van der Waals surface area contributed by atoms with E-state index >= 15 is 0 Å². The summed E-state index contributed by atoms with van der Waals surface area (Å²) in [5, 5.41) is 17.3. The summed E-state index contributed by atoms with van der Waals surface area (Å²) in [5.41, 5.74) is 11.9. The lowest BCUT2D eigenvalue weighted by Gasteiger charge is -2.18. The first-order valence-electron chi connectivity index (χ1n) is 6.37. The maximum atomic E-state index is 8.67. The molecule has 0 saturated heterocycles. The van der Waals surface area contributed by atoms with E-state index < -0.39 is 7.12 Å². The highest BCUT2D eigenvalue weighted by atomic mass is 16.4. The summed E-state index contributed by atoms with van der Waals surface area (Å²) in [6.45, 7) is 0. The summed E-state index contributed by atoms with van der Waals surface area (Å²) in [6, 6.07) is 0.592. The van der Waals surface area contributed by atoms with E-state index in [1.54, 1.807) is 0 Å². The maximum Gasteiger partial charge on any atom is 0.451 e. The Balaban J connectivity index is 0.000000873. The molecule has 0 heterocycles. The van der Waals surface area contributed by atoms with E-state index in [1.165, 1.54) is 0 Å². The molecule has 1 rings (SSSR count). The van der Waals surface area contributed by atoms with Crippen LogP contribution in [-0.2, 0) is 9.59 Å². The Hall–Kier alpha value is -0.715. The van der Waals surface area contributed by atoms with Crippen molar-refractivity contribution >= 4 is 13.3 Å². The van der Waals surface area contributed by atoms with Gasteiger partial charge in [-0.05, 0) is 37.9 Å². The molecule has 1 unspecified atom stereocenters. The molecule has 6 nitrogen and oxygen atoms in total. The Kier molecular flexibility index (Phi) is 9.82. The molecule has 104 valence electrons. The Bertz CT molecular complexity index is 247. The van der Waals surface area contributed by atoms with Gasteiger partial charge >= 0.3 is 13.3 Å². The molecule has 18 heavy (non-hydrogen) atoms. The summed E-state index contributed by atoms with van der Waals surface area (Å²) in [6.07, 6.45) is 6.82. The predicted octanol–water partition coefficient (Wildman–Crippen LogP) is -0.499. The van der Waals surface area contributed by atoms with E-state index in [0.29, 0.717) is 18.3 Å². The van der Waals surface area contributed by atoms with E-state index in [-0.39, 0.29) is 12.2 Å². The average molecular weight is 258 g/mol. The SMILES string of the molecule is NC(CCCCB(O)O)[C@@H]1CC[C@H](N)C1.O=C=O. The van der Waals surface area contributed by atoms with E-state index in [1.807, 2.05) is 0 Å². The Morgan fingerprint density at radius 1 is 1.28 bits per heavy atom. The van der Waals surface area contributed by atoms with Gasteiger partial charge in [0, 0.05) is 12.1 Å². The first kappa shape index (κ1) is 17.3. The normalized spacial score (nSPS) is 23.8. The molecule has 6 N–H and O–H groups in total. The van der Waals surface area contributed by atoms with Gasteiger partial charge in [-0.15, -0.1) is 0 Å².